The predicted octanol–water partition coefficient (Wildman–Crippen LogP) is 3.55. The molecular formula is C20H19N3O2S. The molecule has 0 fully saturated rings. The van der Waals surface area contributed by atoms with Gasteiger partial charge < -0.3 is 4.98 Å². The molecule has 0 atom stereocenters. The molecule has 0 saturated carbocycles. The van der Waals surface area contributed by atoms with Crippen LogP contribution < -0.4 is 4.72 Å². The van der Waals surface area contributed by atoms with Crippen LogP contribution in [0.1, 0.15) is 11.1 Å². The fraction of sp³-hybridized carbons (Fsp3) is 0.150. The predicted molar refractivity (Wildman–Crippen MR) is 104 cm³/mol. The van der Waals surface area contributed by atoms with Crippen LogP contribution >= 0.6 is 0 Å². The number of nitrogens with one attached hydrogen (secondary N) is 2. The van der Waals surface area contributed by atoms with Gasteiger partial charge in [0.15, 0.2) is 0 Å². The van der Waals surface area contributed by atoms with Crippen molar-refractivity contribution < 1.29 is 8.42 Å². The van der Waals surface area contributed by atoms with Gasteiger partial charge in [0.05, 0.1) is 5.52 Å². The van der Waals surface area contributed by atoms with Gasteiger partial charge in [-0.15, -0.1) is 0 Å². The van der Waals surface area contributed by atoms with Crippen LogP contribution in [-0.4, -0.2) is 24.9 Å². The number of fused-ring (bicyclic) bond motifs is 2. The van der Waals surface area contributed by atoms with Gasteiger partial charge in [0, 0.05) is 35.2 Å². The van der Waals surface area contributed by atoms with Crippen LogP contribution in [0, 0.1) is 6.92 Å². The first-order chi connectivity index (χ1) is 12.5. The molecule has 6 heteroatoms. The molecule has 132 valence electrons. The second-order valence-electron chi connectivity index (χ2n) is 6.34. The van der Waals surface area contributed by atoms with Crippen LogP contribution in [0.3, 0.4) is 0 Å². The molecule has 0 aliphatic rings. The van der Waals surface area contributed by atoms with Crippen molar-refractivity contribution in [3.05, 3.63) is 72.1 Å². The lowest BCUT2D eigenvalue weighted by Gasteiger charge is -2.09. The number of rotatable bonds is 5. The van der Waals surface area contributed by atoms with E-state index in [2.05, 4.69) is 26.8 Å². The summed E-state index contributed by atoms with van der Waals surface area (Å²) in [6, 6.07) is 15.0. The Kier molecular flexibility index (Phi) is 4.22. The van der Waals surface area contributed by atoms with Gasteiger partial charge in [0.2, 0.25) is 10.0 Å². The quantitative estimate of drug-likeness (QED) is 0.568. The van der Waals surface area contributed by atoms with Gasteiger partial charge in [0.25, 0.3) is 0 Å². The molecular weight excluding hydrogens is 346 g/mol. The zero-order valence-electron chi connectivity index (χ0n) is 14.4. The molecule has 0 amide bonds. The Bertz CT molecular complexity index is 1190. The van der Waals surface area contributed by atoms with E-state index in [1.54, 1.807) is 24.4 Å². The maximum absolute atomic E-state index is 12.7. The molecule has 2 heterocycles. The van der Waals surface area contributed by atoms with Crippen molar-refractivity contribution >= 4 is 31.8 Å². The number of H-pyrrole nitrogens is 1. The number of hydrogen-bond acceptors (Lipinski definition) is 3. The maximum atomic E-state index is 12.7. The molecule has 0 bridgehead atoms. The minimum absolute atomic E-state index is 0.213. The van der Waals surface area contributed by atoms with Crippen LogP contribution in [-0.2, 0) is 16.4 Å². The first-order valence-corrected chi connectivity index (χ1v) is 9.93. The Morgan fingerprint density at radius 1 is 1.12 bits per heavy atom. The first-order valence-electron chi connectivity index (χ1n) is 8.45. The van der Waals surface area contributed by atoms with E-state index in [-0.39, 0.29) is 4.90 Å². The molecule has 0 spiro atoms. The van der Waals surface area contributed by atoms with Gasteiger partial charge in [-0.25, -0.2) is 13.1 Å². The zero-order chi connectivity index (χ0) is 18.1. The van der Waals surface area contributed by atoms with Crippen LogP contribution in [0.2, 0.25) is 0 Å². The standard InChI is InChI=1S/C20H19N3O2S/c1-14-7-8-18-17(12-14)16(13-22-18)9-11-23-26(24,25)19-6-2-4-15-5-3-10-21-20(15)19/h2-8,10,12-13,22-23H,9,11H2,1H3. The third-order valence-electron chi connectivity index (χ3n) is 4.49. The van der Waals surface area contributed by atoms with Crippen LogP contribution in [0.5, 0.6) is 0 Å². The van der Waals surface area contributed by atoms with Gasteiger partial charge >= 0.3 is 0 Å². The molecule has 0 aliphatic heterocycles. The van der Waals surface area contributed by atoms with E-state index < -0.39 is 10.0 Å². The van der Waals surface area contributed by atoms with Crippen LogP contribution in [0.15, 0.2) is 65.8 Å². The van der Waals surface area contributed by atoms with E-state index in [1.165, 1.54) is 5.56 Å². The van der Waals surface area contributed by atoms with Crippen molar-refractivity contribution in [2.24, 2.45) is 0 Å². The van der Waals surface area contributed by atoms with E-state index in [1.807, 2.05) is 31.3 Å². The van der Waals surface area contributed by atoms with Crippen molar-refractivity contribution in [3.63, 3.8) is 0 Å². The lowest BCUT2D eigenvalue weighted by Crippen LogP contribution is -2.26. The molecule has 0 radical (unpaired) electrons. The van der Waals surface area contributed by atoms with E-state index in [9.17, 15) is 8.42 Å². The summed E-state index contributed by atoms with van der Waals surface area (Å²) in [6.45, 7) is 2.37. The van der Waals surface area contributed by atoms with Crippen molar-refractivity contribution in [2.75, 3.05) is 6.54 Å². The third-order valence-corrected chi connectivity index (χ3v) is 5.99. The van der Waals surface area contributed by atoms with E-state index in [0.29, 0.717) is 18.5 Å². The Morgan fingerprint density at radius 2 is 1.96 bits per heavy atom. The second kappa shape index (κ2) is 6.55. The molecule has 4 aromatic rings. The smallest absolute Gasteiger partial charge is 0.242 e. The minimum Gasteiger partial charge on any atom is -0.361 e. The summed E-state index contributed by atoms with van der Waals surface area (Å²) in [4.78, 5) is 7.68. The third kappa shape index (κ3) is 3.09. The number of hydrogen-bond donors (Lipinski definition) is 2. The highest BCUT2D eigenvalue weighted by molar-refractivity contribution is 7.89. The molecule has 0 unspecified atom stereocenters. The summed E-state index contributed by atoms with van der Waals surface area (Å²) in [5, 5.41) is 1.94. The van der Waals surface area contributed by atoms with Gasteiger partial charge in [-0.3, -0.25) is 4.98 Å². The topological polar surface area (TPSA) is 74.8 Å². The maximum Gasteiger partial charge on any atom is 0.242 e. The fourth-order valence-electron chi connectivity index (χ4n) is 3.19. The number of pyridine rings is 1. The van der Waals surface area contributed by atoms with Gasteiger partial charge in [-0.1, -0.05) is 29.8 Å². The summed E-state index contributed by atoms with van der Waals surface area (Å²) in [6.07, 6.45) is 4.16. The summed E-state index contributed by atoms with van der Waals surface area (Å²) < 4.78 is 28.2. The summed E-state index contributed by atoms with van der Waals surface area (Å²) in [5.74, 6) is 0. The largest absolute Gasteiger partial charge is 0.361 e. The summed E-state index contributed by atoms with van der Waals surface area (Å²) >= 11 is 0. The number of aromatic nitrogens is 2. The van der Waals surface area contributed by atoms with E-state index in [4.69, 9.17) is 0 Å². The fourth-order valence-corrected chi connectivity index (χ4v) is 4.40. The molecule has 2 aromatic carbocycles. The highest BCUT2D eigenvalue weighted by Crippen LogP contribution is 2.22. The summed E-state index contributed by atoms with van der Waals surface area (Å²) in [7, 11) is -3.62. The SMILES string of the molecule is Cc1ccc2[nH]cc(CCNS(=O)(=O)c3cccc4cccnc34)c2c1. The Balaban J connectivity index is 1.56. The number of sulfonamides is 1. The van der Waals surface area contributed by atoms with Crippen molar-refractivity contribution in [3.8, 4) is 0 Å². The molecule has 0 saturated heterocycles. The molecule has 4 rings (SSSR count). The average molecular weight is 365 g/mol. The highest BCUT2D eigenvalue weighted by Gasteiger charge is 2.17. The van der Waals surface area contributed by atoms with Gasteiger partial charge in [-0.2, -0.15) is 0 Å². The molecule has 2 aromatic heterocycles. The van der Waals surface area contributed by atoms with Crippen molar-refractivity contribution in [2.45, 2.75) is 18.2 Å². The number of aromatic amines is 1. The van der Waals surface area contributed by atoms with Crippen molar-refractivity contribution in [1.29, 1.82) is 0 Å². The Labute approximate surface area is 152 Å². The Morgan fingerprint density at radius 3 is 2.85 bits per heavy atom. The molecule has 26 heavy (non-hydrogen) atoms. The van der Waals surface area contributed by atoms with Gasteiger partial charge in [0.1, 0.15) is 4.90 Å². The second-order valence-corrected chi connectivity index (χ2v) is 8.08. The first kappa shape index (κ1) is 16.8. The Hall–Kier alpha value is -2.70. The zero-order valence-corrected chi connectivity index (χ0v) is 15.2. The summed E-state index contributed by atoms with van der Waals surface area (Å²) in [5.41, 5.74) is 3.83. The monoisotopic (exact) mass is 365 g/mol. The number of aryl methyl sites for hydroxylation is 1. The molecule has 2 N–H and O–H groups in total. The van der Waals surface area contributed by atoms with E-state index >= 15 is 0 Å². The number of nitrogens with zero attached hydrogens (tertiary/aromatic N) is 1. The van der Waals surface area contributed by atoms with E-state index in [0.717, 1.165) is 21.9 Å². The molecule has 5 nitrogen and oxygen atoms in total. The van der Waals surface area contributed by atoms with Crippen molar-refractivity contribution in [1.82, 2.24) is 14.7 Å². The lowest BCUT2D eigenvalue weighted by atomic mass is 10.1. The van der Waals surface area contributed by atoms with Crippen LogP contribution in [0.4, 0.5) is 0 Å². The van der Waals surface area contributed by atoms with Crippen LogP contribution in [0.25, 0.3) is 21.8 Å². The van der Waals surface area contributed by atoms with Gasteiger partial charge in [-0.05, 0) is 43.2 Å². The normalized spacial score (nSPS) is 12.0. The lowest BCUT2D eigenvalue weighted by molar-refractivity contribution is 0.582. The highest BCUT2D eigenvalue weighted by atomic mass is 32.2. The number of benzene rings is 2. The number of para-hydroxylation sites is 1. The minimum atomic E-state index is -3.62. The molecule has 0 aliphatic carbocycles. The average Bonchev–Trinajstić information content (AvgIpc) is 3.03.